The molecule has 3 aromatic carbocycles. The molecule has 4 rings (SSSR count). The molecule has 0 saturated heterocycles. The molecule has 1 atom stereocenters. The SMILES string of the molecule is Cc1ccc(N[C@H]2c3ccccc3C(=O)N2c2ccc(Cl)cc2)cc1C. The lowest BCUT2D eigenvalue weighted by molar-refractivity contribution is 0.0993. The van der Waals surface area contributed by atoms with Crippen molar-refractivity contribution < 1.29 is 4.79 Å². The van der Waals surface area contributed by atoms with Crippen LogP contribution in [0.3, 0.4) is 0 Å². The van der Waals surface area contributed by atoms with Gasteiger partial charge in [0.1, 0.15) is 6.17 Å². The van der Waals surface area contributed by atoms with Crippen LogP contribution >= 0.6 is 11.6 Å². The van der Waals surface area contributed by atoms with Crippen LogP contribution < -0.4 is 10.2 Å². The maximum absolute atomic E-state index is 13.1. The Morgan fingerprint density at radius 3 is 2.38 bits per heavy atom. The second kappa shape index (κ2) is 6.50. The number of hydrogen-bond donors (Lipinski definition) is 1. The summed E-state index contributed by atoms with van der Waals surface area (Å²) in [5, 5.41) is 4.18. The van der Waals surface area contributed by atoms with Crippen molar-refractivity contribution >= 4 is 28.9 Å². The smallest absolute Gasteiger partial charge is 0.260 e. The number of halogens is 1. The summed E-state index contributed by atoms with van der Waals surface area (Å²) in [4.78, 5) is 14.8. The van der Waals surface area contributed by atoms with Gasteiger partial charge in [-0.2, -0.15) is 0 Å². The van der Waals surface area contributed by atoms with Crippen molar-refractivity contribution in [3.8, 4) is 0 Å². The van der Waals surface area contributed by atoms with Gasteiger partial charge in [-0.15, -0.1) is 0 Å². The van der Waals surface area contributed by atoms with E-state index in [4.69, 9.17) is 11.6 Å². The fourth-order valence-corrected chi connectivity index (χ4v) is 3.44. The number of amides is 1. The van der Waals surface area contributed by atoms with E-state index in [0.29, 0.717) is 5.02 Å². The van der Waals surface area contributed by atoms with Gasteiger partial charge in [0.2, 0.25) is 0 Å². The number of benzene rings is 3. The van der Waals surface area contributed by atoms with Gasteiger partial charge in [0, 0.05) is 27.5 Å². The minimum atomic E-state index is -0.262. The fraction of sp³-hybridized carbons (Fsp3) is 0.136. The Balaban J connectivity index is 1.77. The molecule has 0 unspecified atom stereocenters. The zero-order valence-corrected chi connectivity index (χ0v) is 15.4. The van der Waals surface area contributed by atoms with Crippen LogP contribution in [0.4, 0.5) is 11.4 Å². The molecular formula is C22H19ClN2O. The van der Waals surface area contributed by atoms with E-state index in [1.165, 1.54) is 11.1 Å². The largest absolute Gasteiger partial charge is 0.361 e. The van der Waals surface area contributed by atoms with Crippen molar-refractivity contribution in [2.75, 3.05) is 10.2 Å². The lowest BCUT2D eigenvalue weighted by Crippen LogP contribution is -2.32. The summed E-state index contributed by atoms with van der Waals surface area (Å²) >= 11 is 6.02. The molecule has 0 aliphatic carbocycles. The van der Waals surface area contributed by atoms with Crippen molar-refractivity contribution in [1.82, 2.24) is 0 Å². The van der Waals surface area contributed by atoms with E-state index in [1.807, 2.05) is 42.5 Å². The van der Waals surface area contributed by atoms with Gasteiger partial charge in [0.15, 0.2) is 0 Å². The molecule has 0 radical (unpaired) electrons. The molecule has 1 heterocycles. The number of nitrogens with one attached hydrogen (secondary N) is 1. The third-order valence-electron chi connectivity index (χ3n) is 4.88. The Kier molecular flexibility index (Phi) is 4.17. The average molecular weight is 363 g/mol. The Hall–Kier alpha value is -2.78. The van der Waals surface area contributed by atoms with Gasteiger partial charge in [-0.25, -0.2) is 0 Å². The van der Waals surface area contributed by atoms with E-state index in [2.05, 4.69) is 31.3 Å². The highest BCUT2D eigenvalue weighted by atomic mass is 35.5. The molecule has 0 fully saturated rings. The number of aryl methyl sites for hydroxylation is 2. The molecular weight excluding hydrogens is 344 g/mol. The monoisotopic (exact) mass is 362 g/mol. The van der Waals surface area contributed by atoms with Crippen molar-refractivity contribution in [2.45, 2.75) is 20.0 Å². The lowest BCUT2D eigenvalue weighted by Gasteiger charge is -2.27. The highest BCUT2D eigenvalue weighted by Crippen LogP contribution is 2.38. The molecule has 1 aliphatic heterocycles. The quantitative estimate of drug-likeness (QED) is 0.645. The summed E-state index contributed by atoms with van der Waals surface area (Å²) < 4.78 is 0. The van der Waals surface area contributed by atoms with Crippen molar-refractivity contribution in [3.05, 3.63) is 94.0 Å². The van der Waals surface area contributed by atoms with Crippen LogP contribution in [-0.4, -0.2) is 5.91 Å². The van der Waals surface area contributed by atoms with Crippen LogP contribution in [-0.2, 0) is 0 Å². The van der Waals surface area contributed by atoms with Crippen molar-refractivity contribution in [1.29, 1.82) is 0 Å². The number of nitrogens with zero attached hydrogens (tertiary/aromatic N) is 1. The maximum Gasteiger partial charge on any atom is 0.260 e. The summed E-state index contributed by atoms with van der Waals surface area (Å²) in [5.41, 5.74) is 5.96. The molecule has 1 N–H and O–H groups in total. The first kappa shape index (κ1) is 16.7. The summed E-state index contributed by atoms with van der Waals surface area (Å²) in [6, 6.07) is 21.4. The normalized spacial score (nSPS) is 15.9. The van der Waals surface area contributed by atoms with Crippen LogP contribution in [0.5, 0.6) is 0 Å². The molecule has 3 aromatic rings. The zero-order valence-electron chi connectivity index (χ0n) is 14.7. The topological polar surface area (TPSA) is 32.3 Å². The summed E-state index contributed by atoms with van der Waals surface area (Å²) in [6.07, 6.45) is -0.262. The van der Waals surface area contributed by atoms with Gasteiger partial charge in [0.25, 0.3) is 5.91 Å². The van der Waals surface area contributed by atoms with E-state index in [-0.39, 0.29) is 12.1 Å². The molecule has 0 aromatic heterocycles. The van der Waals surface area contributed by atoms with Crippen LogP contribution in [0, 0.1) is 13.8 Å². The molecule has 3 nitrogen and oxygen atoms in total. The standard InChI is InChI=1S/C22H19ClN2O/c1-14-7-10-17(13-15(14)2)24-21-19-5-3-4-6-20(19)22(26)25(21)18-11-8-16(23)9-12-18/h3-13,21,24H,1-2H3/t21-/m1/s1. The van der Waals surface area contributed by atoms with E-state index in [9.17, 15) is 4.79 Å². The van der Waals surface area contributed by atoms with Crippen molar-refractivity contribution in [2.24, 2.45) is 0 Å². The summed E-state index contributed by atoms with van der Waals surface area (Å²) in [5.74, 6) is -0.00995. The molecule has 0 spiro atoms. The Bertz CT molecular complexity index is 982. The maximum atomic E-state index is 13.1. The van der Waals surface area contributed by atoms with Gasteiger partial charge in [-0.3, -0.25) is 9.69 Å². The molecule has 1 aliphatic rings. The number of carbonyl (C=O) groups excluding carboxylic acids is 1. The molecule has 0 bridgehead atoms. The minimum Gasteiger partial charge on any atom is -0.361 e. The Labute approximate surface area is 158 Å². The third-order valence-corrected chi connectivity index (χ3v) is 5.13. The Morgan fingerprint density at radius 1 is 0.923 bits per heavy atom. The first-order valence-electron chi connectivity index (χ1n) is 8.56. The third kappa shape index (κ3) is 2.85. The molecule has 26 heavy (non-hydrogen) atoms. The van der Waals surface area contributed by atoms with Gasteiger partial charge in [0.05, 0.1) is 0 Å². The number of carbonyl (C=O) groups is 1. The van der Waals surface area contributed by atoms with Gasteiger partial charge in [-0.1, -0.05) is 35.9 Å². The van der Waals surface area contributed by atoms with Crippen LogP contribution in [0.1, 0.15) is 33.2 Å². The van der Waals surface area contributed by atoms with E-state index in [1.54, 1.807) is 17.0 Å². The molecule has 0 saturated carbocycles. The molecule has 1 amide bonds. The fourth-order valence-electron chi connectivity index (χ4n) is 3.32. The summed E-state index contributed by atoms with van der Waals surface area (Å²) in [6.45, 7) is 4.18. The highest BCUT2D eigenvalue weighted by Gasteiger charge is 2.37. The number of fused-ring (bicyclic) bond motifs is 1. The Morgan fingerprint density at radius 2 is 1.65 bits per heavy atom. The average Bonchev–Trinajstić information content (AvgIpc) is 2.92. The predicted molar refractivity (Wildman–Crippen MR) is 107 cm³/mol. The molecule has 130 valence electrons. The van der Waals surface area contributed by atoms with E-state index >= 15 is 0 Å². The number of rotatable bonds is 3. The highest BCUT2D eigenvalue weighted by molar-refractivity contribution is 6.30. The zero-order chi connectivity index (χ0) is 18.3. The number of anilines is 2. The predicted octanol–water partition coefficient (Wildman–Crippen LogP) is 5.73. The van der Waals surface area contributed by atoms with Gasteiger partial charge >= 0.3 is 0 Å². The van der Waals surface area contributed by atoms with Gasteiger partial charge in [-0.05, 0) is 67.4 Å². The minimum absolute atomic E-state index is 0.00995. The van der Waals surface area contributed by atoms with Gasteiger partial charge < -0.3 is 5.32 Å². The summed E-state index contributed by atoms with van der Waals surface area (Å²) in [7, 11) is 0. The van der Waals surface area contributed by atoms with Crippen molar-refractivity contribution in [3.63, 3.8) is 0 Å². The molecule has 4 heteroatoms. The van der Waals surface area contributed by atoms with E-state index in [0.717, 1.165) is 22.5 Å². The van der Waals surface area contributed by atoms with Crippen LogP contribution in [0.25, 0.3) is 0 Å². The first-order chi connectivity index (χ1) is 12.5. The van der Waals surface area contributed by atoms with E-state index < -0.39 is 0 Å². The van der Waals surface area contributed by atoms with Crippen LogP contribution in [0.2, 0.25) is 5.02 Å². The second-order valence-corrected chi connectivity index (χ2v) is 7.02. The second-order valence-electron chi connectivity index (χ2n) is 6.58. The first-order valence-corrected chi connectivity index (χ1v) is 8.94. The lowest BCUT2D eigenvalue weighted by atomic mass is 10.1. The van der Waals surface area contributed by atoms with Crippen LogP contribution in [0.15, 0.2) is 66.7 Å². The number of hydrogen-bond acceptors (Lipinski definition) is 2.